The van der Waals surface area contributed by atoms with Gasteiger partial charge < -0.3 is 19.4 Å². The SMILES string of the molecule is COc1cc(O)c2ccoc2c1C(=O)/C=C/c1ccc(O)cc1. The minimum atomic E-state index is -0.310. The summed E-state index contributed by atoms with van der Waals surface area (Å²) in [5.41, 5.74) is 1.30. The predicted molar refractivity (Wildman–Crippen MR) is 85.9 cm³/mol. The molecule has 0 atom stereocenters. The summed E-state index contributed by atoms with van der Waals surface area (Å²) in [6.07, 6.45) is 4.43. The molecule has 5 nitrogen and oxygen atoms in total. The first kappa shape index (κ1) is 14.7. The summed E-state index contributed by atoms with van der Waals surface area (Å²) < 4.78 is 10.5. The van der Waals surface area contributed by atoms with Gasteiger partial charge >= 0.3 is 0 Å². The van der Waals surface area contributed by atoms with Crippen LogP contribution in [0.4, 0.5) is 0 Å². The van der Waals surface area contributed by atoms with Crippen LogP contribution in [0.15, 0.2) is 53.2 Å². The van der Waals surface area contributed by atoms with Crippen molar-refractivity contribution in [3.8, 4) is 17.2 Å². The number of phenols is 2. The second kappa shape index (κ2) is 5.88. The van der Waals surface area contributed by atoms with Crippen molar-refractivity contribution in [2.24, 2.45) is 0 Å². The van der Waals surface area contributed by atoms with E-state index in [1.54, 1.807) is 24.3 Å². The van der Waals surface area contributed by atoms with Crippen LogP contribution in [0, 0.1) is 0 Å². The molecule has 2 N–H and O–H groups in total. The van der Waals surface area contributed by atoms with Crippen molar-refractivity contribution in [2.75, 3.05) is 7.11 Å². The lowest BCUT2D eigenvalue weighted by Gasteiger charge is -2.07. The van der Waals surface area contributed by atoms with Crippen molar-refractivity contribution < 1.29 is 24.2 Å². The first-order valence-electron chi connectivity index (χ1n) is 6.88. The van der Waals surface area contributed by atoms with Crippen molar-refractivity contribution in [1.82, 2.24) is 0 Å². The van der Waals surface area contributed by atoms with Gasteiger partial charge in [-0.15, -0.1) is 0 Å². The number of aromatic hydroxyl groups is 2. The van der Waals surface area contributed by atoms with Crippen LogP contribution in [0.2, 0.25) is 0 Å². The zero-order valence-corrected chi connectivity index (χ0v) is 12.3. The van der Waals surface area contributed by atoms with Crippen LogP contribution in [0.3, 0.4) is 0 Å². The molecule has 23 heavy (non-hydrogen) atoms. The molecular formula is C18H14O5. The van der Waals surface area contributed by atoms with E-state index >= 15 is 0 Å². The highest BCUT2D eigenvalue weighted by atomic mass is 16.5. The van der Waals surface area contributed by atoms with E-state index in [2.05, 4.69) is 0 Å². The number of carbonyl (C=O) groups excluding carboxylic acids is 1. The Hall–Kier alpha value is -3.21. The number of ether oxygens (including phenoxy) is 1. The molecule has 3 rings (SSSR count). The summed E-state index contributed by atoms with van der Waals surface area (Å²) in [6, 6.07) is 9.43. The number of furan rings is 1. The molecule has 0 aliphatic carbocycles. The monoisotopic (exact) mass is 310 g/mol. The van der Waals surface area contributed by atoms with E-state index in [0.29, 0.717) is 5.39 Å². The molecule has 0 radical (unpaired) electrons. The van der Waals surface area contributed by atoms with Crippen molar-refractivity contribution >= 4 is 22.8 Å². The molecule has 0 aliphatic heterocycles. The van der Waals surface area contributed by atoms with Gasteiger partial charge in [-0.25, -0.2) is 0 Å². The molecule has 0 aliphatic rings. The summed E-state index contributed by atoms with van der Waals surface area (Å²) in [5.74, 6) is 0.0795. The van der Waals surface area contributed by atoms with Gasteiger partial charge in [0.25, 0.3) is 0 Å². The molecule has 1 heterocycles. The minimum absolute atomic E-state index is 0.00957. The Morgan fingerprint density at radius 3 is 2.61 bits per heavy atom. The topological polar surface area (TPSA) is 79.9 Å². The van der Waals surface area contributed by atoms with Gasteiger partial charge in [-0.2, -0.15) is 0 Å². The lowest BCUT2D eigenvalue weighted by Crippen LogP contribution is -1.99. The van der Waals surface area contributed by atoms with Crippen LogP contribution in [0.5, 0.6) is 17.2 Å². The molecule has 2 aromatic carbocycles. The maximum Gasteiger partial charge on any atom is 0.193 e. The Bertz CT molecular complexity index is 888. The fourth-order valence-corrected chi connectivity index (χ4v) is 2.33. The van der Waals surface area contributed by atoms with Crippen molar-refractivity contribution in [3.63, 3.8) is 0 Å². The quantitative estimate of drug-likeness (QED) is 0.566. The van der Waals surface area contributed by atoms with E-state index in [1.807, 2.05) is 0 Å². The Labute approximate surface area is 132 Å². The average molecular weight is 310 g/mol. The van der Waals surface area contributed by atoms with Crippen LogP contribution in [0.25, 0.3) is 17.0 Å². The molecule has 0 unspecified atom stereocenters. The van der Waals surface area contributed by atoms with Gasteiger partial charge in [0.15, 0.2) is 11.4 Å². The van der Waals surface area contributed by atoms with E-state index in [9.17, 15) is 15.0 Å². The highest BCUT2D eigenvalue weighted by Gasteiger charge is 2.19. The zero-order valence-electron chi connectivity index (χ0n) is 12.3. The third-order valence-corrected chi connectivity index (χ3v) is 3.47. The van der Waals surface area contributed by atoms with Gasteiger partial charge in [0.1, 0.15) is 22.8 Å². The minimum Gasteiger partial charge on any atom is -0.508 e. The fourth-order valence-electron chi connectivity index (χ4n) is 2.33. The molecule has 1 aromatic heterocycles. The summed E-state index contributed by atoms with van der Waals surface area (Å²) in [6.45, 7) is 0. The Morgan fingerprint density at radius 2 is 1.91 bits per heavy atom. The Morgan fingerprint density at radius 1 is 1.17 bits per heavy atom. The second-order valence-corrected chi connectivity index (χ2v) is 4.93. The maximum absolute atomic E-state index is 12.5. The number of methoxy groups -OCH3 is 1. The molecular weight excluding hydrogens is 296 g/mol. The molecule has 0 saturated carbocycles. The van der Waals surface area contributed by atoms with Crippen LogP contribution < -0.4 is 4.74 Å². The van der Waals surface area contributed by atoms with Gasteiger partial charge in [-0.3, -0.25) is 4.79 Å². The average Bonchev–Trinajstić information content (AvgIpc) is 3.03. The molecule has 0 saturated heterocycles. The second-order valence-electron chi connectivity index (χ2n) is 4.93. The van der Waals surface area contributed by atoms with Gasteiger partial charge in [0, 0.05) is 6.07 Å². The summed E-state index contributed by atoms with van der Waals surface area (Å²) in [5, 5.41) is 19.6. The first-order valence-corrected chi connectivity index (χ1v) is 6.88. The fraction of sp³-hybridized carbons (Fsp3) is 0.0556. The zero-order chi connectivity index (χ0) is 16.4. The van der Waals surface area contributed by atoms with Gasteiger partial charge in [-0.05, 0) is 29.8 Å². The highest BCUT2D eigenvalue weighted by molar-refractivity contribution is 6.16. The number of hydrogen-bond acceptors (Lipinski definition) is 5. The van der Waals surface area contributed by atoms with Crippen molar-refractivity contribution in [2.45, 2.75) is 0 Å². The molecule has 116 valence electrons. The third-order valence-electron chi connectivity index (χ3n) is 3.47. The Kier molecular flexibility index (Phi) is 3.76. The summed E-state index contributed by atoms with van der Waals surface area (Å²) in [7, 11) is 1.42. The number of allylic oxidation sites excluding steroid dienone is 1. The third kappa shape index (κ3) is 2.76. The van der Waals surface area contributed by atoms with Crippen LogP contribution in [-0.4, -0.2) is 23.1 Å². The van der Waals surface area contributed by atoms with Crippen LogP contribution >= 0.6 is 0 Å². The number of ketones is 1. The standard InChI is InChI=1S/C18H14O5/c1-22-16-10-15(21)13-8-9-23-18(13)17(16)14(20)7-4-11-2-5-12(19)6-3-11/h2-10,19,21H,1H3/b7-4+. The summed E-state index contributed by atoms with van der Waals surface area (Å²) in [4.78, 5) is 12.5. The van der Waals surface area contributed by atoms with E-state index in [4.69, 9.17) is 9.15 Å². The lowest BCUT2D eigenvalue weighted by molar-refractivity contribution is 0.104. The van der Waals surface area contributed by atoms with Crippen LogP contribution in [0.1, 0.15) is 15.9 Å². The number of carbonyl (C=O) groups is 1. The lowest BCUT2D eigenvalue weighted by atomic mass is 10.0. The number of rotatable bonds is 4. The van der Waals surface area contributed by atoms with E-state index in [-0.39, 0.29) is 34.2 Å². The first-order chi connectivity index (χ1) is 11.1. The molecule has 0 spiro atoms. The maximum atomic E-state index is 12.5. The number of benzene rings is 2. The smallest absolute Gasteiger partial charge is 0.193 e. The van der Waals surface area contributed by atoms with E-state index in [0.717, 1.165) is 5.56 Å². The summed E-state index contributed by atoms with van der Waals surface area (Å²) >= 11 is 0. The number of fused-ring (bicyclic) bond motifs is 1. The van der Waals surface area contributed by atoms with Gasteiger partial charge in [0.05, 0.1) is 18.8 Å². The molecule has 5 heteroatoms. The van der Waals surface area contributed by atoms with E-state index in [1.165, 1.54) is 37.6 Å². The van der Waals surface area contributed by atoms with Crippen molar-refractivity contribution in [1.29, 1.82) is 0 Å². The van der Waals surface area contributed by atoms with Crippen molar-refractivity contribution in [3.05, 3.63) is 59.9 Å². The van der Waals surface area contributed by atoms with E-state index < -0.39 is 0 Å². The molecule has 0 fully saturated rings. The molecule has 0 amide bonds. The van der Waals surface area contributed by atoms with Gasteiger partial charge in [0.2, 0.25) is 0 Å². The largest absolute Gasteiger partial charge is 0.508 e. The highest BCUT2D eigenvalue weighted by Crippen LogP contribution is 2.36. The van der Waals surface area contributed by atoms with Crippen LogP contribution in [-0.2, 0) is 0 Å². The number of hydrogen-bond donors (Lipinski definition) is 2. The molecule has 3 aromatic rings. The number of phenolic OH excluding ortho intramolecular Hbond substituents is 2. The predicted octanol–water partition coefficient (Wildman–Crippen LogP) is 3.75. The normalized spacial score (nSPS) is 11.2. The Balaban J connectivity index is 2.02. The molecule has 0 bridgehead atoms. The van der Waals surface area contributed by atoms with Gasteiger partial charge in [-0.1, -0.05) is 18.2 Å².